The zero-order valence-corrected chi connectivity index (χ0v) is 12.6. The fourth-order valence-corrected chi connectivity index (χ4v) is 4.43. The Morgan fingerprint density at radius 2 is 1.38 bits per heavy atom. The van der Waals surface area contributed by atoms with Crippen LogP contribution in [0.4, 0.5) is 0 Å². The first-order valence-corrected chi connectivity index (χ1v) is 7.53. The minimum absolute atomic E-state index is 0.0335. The fourth-order valence-electron chi connectivity index (χ4n) is 1.87. The predicted molar refractivity (Wildman–Crippen MR) is 74.8 cm³/mol. The van der Waals surface area contributed by atoms with Crippen molar-refractivity contribution in [2.24, 2.45) is 0 Å². The summed E-state index contributed by atoms with van der Waals surface area (Å²) < 4.78 is 10.4. The molecule has 2 N–H and O–H groups in total. The van der Waals surface area contributed by atoms with E-state index in [2.05, 4.69) is 0 Å². The lowest BCUT2D eigenvalue weighted by Crippen LogP contribution is -2.42. The van der Waals surface area contributed by atoms with Crippen LogP contribution in [0.25, 0.3) is 0 Å². The van der Waals surface area contributed by atoms with Gasteiger partial charge >= 0.3 is 11.9 Å². The number of carbonyl (C=O) groups is 2. The average molecular weight is 326 g/mol. The van der Waals surface area contributed by atoms with Gasteiger partial charge in [0.15, 0.2) is 5.57 Å². The number of cyclic esters (lactones) is 2. The molecule has 2 aliphatic heterocycles. The normalized spacial score (nSPS) is 20.1. The molecule has 110 valence electrons. The molecule has 1 fully saturated rings. The van der Waals surface area contributed by atoms with Gasteiger partial charge in [0.1, 0.15) is 11.5 Å². The van der Waals surface area contributed by atoms with Crippen LogP contribution in [0.1, 0.15) is 13.8 Å². The molecule has 8 heteroatoms. The van der Waals surface area contributed by atoms with Crippen molar-refractivity contribution in [2.75, 3.05) is 0 Å². The molecule has 21 heavy (non-hydrogen) atoms. The molecule has 0 saturated carbocycles. The lowest BCUT2D eigenvalue weighted by molar-refractivity contribution is -0.222. The summed E-state index contributed by atoms with van der Waals surface area (Å²) in [7, 11) is 0. The van der Waals surface area contributed by atoms with E-state index in [1.54, 1.807) is 0 Å². The molecule has 1 saturated heterocycles. The topological polar surface area (TPSA) is 93.1 Å². The number of hydrogen-bond donors (Lipinski definition) is 2. The third-order valence-corrected chi connectivity index (χ3v) is 5.39. The summed E-state index contributed by atoms with van der Waals surface area (Å²) in [6.45, 7) is 2.93. The first-order valence-electron chi connectivity index (χ1n) is 5.90. The molecule has 0 unspecified atom stereocenters. The van der Waals surface area contributed by atoms with E-state index in [1.165, 1.54) is 26.0 Å². The Balaban J connectivity index is 2.03. The second-order valence-electron chi connectivity index (χ2n) is 4.81. The van der Waals surface area contributed by atoms with Gasteiger partial charge in [0.2, 0.25) is 0 Å². The Morgan fingerprint density at radius 3 is 1.81 bits per heavy atom. The minimum Gasteiger partial charge on any atom is -0.507 e. The van der Waals surface area contributed by atoms with Gasteiger partial charge in [0.25, 0.3) is 5.79 Å². The van der Waals surface area contributed by atoms with Gasteiger partial charge in [-0.2, -0.15) is 0 Å². The first kappa shape index (κ1) is 14.2. The van der Waals surface area contributed by atoms with Crippen molar-refractivity contribution >= 4 is 35.5 Å². The zero-order chi connectivity index (χ0) is 15.4. The number of phenolic OH excluding ortho intramolecular Hbond substituents is 2. The van der Waals surface area contributed by atoms with Crippen LogP contribution in [-0.2, 0) is 19.1 Å². The molecule has 3 rings (SSSR count). The molecule has 0 amide bonds. The Hall–Kier alpha value is -1.80. The third kappa shape index (κ3) is 2.34. The van der Waals surface area contributed by atoms with Gasteiger partial charge < -0.3 is 19.7 Å². The number of benzene rings is 1. The highest BCUT2D eigenvalue weighted by atomic mass is 32.2. The number of ether oxygens (including phenoxy) is 2. The monoisotopic (exact) mass is 326 g/mol. The summed E-state index contributed by atoms with van der Waals surface area (Å²) in [5.74, 6) is -2.93. The highest BCUT2D eigenvalue weighted by molar-refractivity contribution is 8.25. The number of esters is 2. The summed E-state index contributed by atoms with van der Waals surface area (Å²) in [6, 6.07) is 2.69. The van der Waals surface area contributed by atoms with Crippen LogP contribution in [0.3, 0.4) is 0 Å². The standard InChI is InChI=1S/C13H10O6S2/c1-13(2)18-10(16)7(11(17)19-13)12-20-8-5(14)3-4-6(15)9(8)21-12/h3-4,14-15H,1-2H3. The molecule has 0 radical (unpaired) electrons. The lowest BCUT2D eigenvalue weighted by atomic mass is 10.2. The fraction of sp³-hybridized carbons (Fsp3) is 0.231. The van der Waals surface area contributed by atoms with Crippen molar-refractivity contribution < 1.29 is 29.3 Å². The Labute approximate surface area is 128 Å². The smallest absolute Gasteiger partial charge is 0.350 e. The maximum atomic E-state index is 12.0. The van der Waals surface area contributed by atoms with E-state index >= 15 is 0 Å². The summed E-state index contributed by atoms with van der Waals surface area (Å²) >= 11 is 2.04. The number of carbonyl (C=O) groups excluding carboxylic acids is 2. The Morgan fingerprint density at radius 1 is 0.952 bits per heavy atom. The van der Waals surface area contributed by atoms with Crippen LogP contribution < -0.4 is 0 Å². The molecule has 0 bridgehead atoms. The second kappa shape index (κ2) is 4.60. The van der Waals surface area contributed by atoms with E-state index in [4.69, 9.17) is 9.47 Å². The molecule has 0 aromatic heterocycles. The van der Waals surface area contributed by atoms with E-state index in [0.717, 1.165) is 23.5 Å². The van der Waals surface area contributed by atoms with E-state index in [0.29, 0.717) is 14.0 Å². The van der Waals surface area contributed by atoms with Crippen molar-refractivity contribution in [3.8, 4) is 11.5 Å². The van der Waals surface area contributed by atoms with Gasteiger partial charge in [-0.05, 0) is 12.1 Å². The molecule has 2 heterocycles. The number of phenols is 2. The number of hydrogen-bond acceptors (Lipinski definition) is 8. The number of aromatic hydroxyl groups is 2. The Bertz CT molecular complexity index is 652. The quantitative estimate of drug-likeness (QED) is 0.325. The van der Waals surface area contributed by atoms with E-state index in [1.807, 2.05) is 0 Å². The number of rotatable bonds is 0. The molecule has 0 atom stereocenters. The number of fused-ring (bicyclic) bond motifs is 1. The largest absolute Gasteiger partial charge is 0.507 e. The molecule has 1 aromatic rings. The van der Waals surface area contributed by atoms with Crippen LogP contribution in [0, 0.1) is 0 Å². The molecule has 0 spiro atoms. The summed E-state index contributed by atoms with van der Waals surface area (Å²) in [5, 5.41) is 19.6. The second-order valence-corrected chi connectivity index (χ2v) is 7.11. The SMILES string of the molecule is CC1(C)OC(=O)C(=C2Sc3c(O)ccc(O)c3S2)C(=O)O1. The molecular weight excluding hydrogens is 316 g/mol. The van der Waals surface area contributed by atoms with Crippen molar-refractivity contribution in [2.45, 2.75) is 29.4 Å². The van der Waals surface area contributed by atoms with Crippen LogP contribution in [0.2, 0.25) is 0 Å². The van der Waals surface area contributed by atoms with Gasteiger partial charge in [-0.3, -0.25) is 0 Å². The van der Waals surface area contributed by atoms with Crippen molar-refractivity contribution in [3.05, 3.63) is 21.9 Å². The molecule has 0 aliphatic carbocycles. The average Bonchev–Trinajstić information content (AvgIpc) is 2.77. The van der Waals surface area contributed by atoms with E-state index < -0.39 is 17.7 Å². The maximum Gasteiger partial charge on any atom is 0.350 e. The highest BCUT2D eigenvalue weighted by Crippen LogP contribution is 2.58. The third-order valence-electron chi connectivity index (χ3n) is 2.75. The van der Waals surface area contributed by atoms with Crippen molar-refractivity contribution in [1.29, 1.82) is 0 Å². The first-order chi connectivity index (χ1) is 9.78. The van der Waals surface area contributed by atoms with Crippen LogP contribution in [-0.4, -0.2) is 27.9 Å². The highest BCUT2D eigenvalue weighted by Gasteiger charge is 2.43. The van der Waals surface area contributed by atoms with Gasteiger partial charge in [-0.15, -0.1) is 0 Å². The summed E-state index contributed by atoms with van der Waals surface area (Å²) in [6.07, 6.45) is 0. The molecular formula is C13H10O6S2. The molecule has 2 aliphatic rings. The minimum atomic E-state index is -1.30. The van der Waals surface area contributed by atoms with Gasteiger partial charge in [0.05, 0.1) is 14.0 Å². The number of thioether (sulfide) groups is 2. The zero-order valence-electron chi connectivity index (χ0n) is 11.0. The molecule has 6 nitrogen and oxygen atoms in total. The van der Waals surface area contributed by atoms with Crippen LogP contribution >= 0.6 is 23.5 Å². The van der Waals surface area contributed by atoms with E-state index in [-0.39, 0.29) is 17.1 Å². The molecule has 1 aromatic carbocycles. The van der Waals surface area contributed by atoms with Crippen molar-refractivity contribution in [3.63, 3.8) is 0 Å². The summed E-state index contributed by atoms with van der Waals surface area (Å²) in [4.78, 5) is 24.8. The van der Waals surface area contributed by atoms with Gasteiger partial charge in [-0.1, -0.05) is 23.5 Å². The van der Waals surface area contributed by atoms with E-state index in [9.17, 15) is 19.8 Å². The predicted octanol–water partition coefficient (Wildman–Crippen LogP) is 2.34. The summed E-state index contributed by atoms with van der Waals surface area (Å²) in [5.41, 5.74) is -0.223. The maximum absolute atomic E-state index is 12.0. The lowest BCUT2D eigenvalue weighted by Gasteiger charge is -2.30. The van der Waals surface area contributed by atoms with Crippen LogP contribution in [0.5, 0.6) is 11.5 Å². The Kier molecular flexibility index (Phi) is 3.10. The van der Waals surface area contributed by atoms with Gasteiger partial charge in [0, 0.05) is 13.8 Å². The van der Waals surface area contributed by atoms with Gasteiger partial charge in [-0.25, -0.2) is 9.59 Å². The van der Waals surface area contributed by atoms with Crippen molar-refractivity contribution in [1.82, 2.24) is 0 Å². The van der Waals surface area contributed by atoms with Crippen LogP contribution in [0.15, 0.2) is 31.7 Å².